The van der Waals surface area contributed by atoms with E-state index >= 15 is 0 Å². The number of hydrogen-bond acceptors (Lipinski definition) is 13. The summed E-state index contributed by atoms with van der Waals surface area (Å²) in [5.74, 6) is -2.51. The predicted molar refractivity (Wildman–Crippen MR) is 257 cm³/mol. The van der Waals surface area contributed by atoms with Crippen molar-refractivity contribution in [3.8, 4) is 40.1 Å². The number of carbonyl (C=O) groups is 6. The third-order valence-corrected chi connectivity index (χ3v) is 11.4. The van der Waals surface area contributed by atoms with Gasteiger partial charge in [-0.25, -0.2) is 14.8 Å². The number of fused-ring (bicyclic) bond motifs is 5. The van der Waals surface area contributed by atoms with Crippen molar-refractivity contribution in [2.75, 3.05) is 46.4 Å². The molecule has 0 spiro atoms. The highest BCUT2D eigenvalue weighted by atomic mass is 16.5. The van der Waals surface area contributed by atoms with Gasteiger partial charge in [-0.3, -0.25) is 24.0 Å². The fraction of sp³-hybridized carbons (Fsp3) is 0.408. The number of aromatic nitrogens is 2. The maximum atomic E-state index is 14.8. The van der Waals surface area contributed by atoms with Crippen molar-refractivity contribution >= 4 is 35.6 Å². The number of nitrogens with one attached hydrogen (secondary N) is 5. The van der Waals surface area contributed by atoms with Crippen molar-refractivity contribution < 1.29 is 38.2 Å². The van der Waals surface area contributed by atoms with Crippen LogP contribution in [0.3, 0.4) is 0 Å². The summed E-state index contributed by atoms with van der Waals surface area (Å²) in [6.45, 7) is 5.34. The lowest BCUT2D eigenvalue weighted by Crippen LogP contribution is -2.56. The fourth-order valence-electron chi connectivity index (χ4n) is 7.77. The smallest absolute Gasteiger partial charge is 0.312 e. The Morgan fingerprint density at radius 3 is 2.25 bits per heavy atom. The minimum absolute atomic E-state index is 0.0209. The van der Waals surface area contributed by atoms with Gasteiger partial charge in [0.1, 0.15) is 55.4 Å². The van der Waals surface area contributed by atoms with E-state index in [0.29, 0.717) is 39.7 Å². The van der Waals surface area contributed by atoms with E-state index in [1.54, 1.807) is 43.3 Å². The molecule has 4 aromatic rings. The first-order valence-corrected chi connectivity index (χ1v) is 22.9. The van der Waals surface area contributed by atoms with Crippen molar-refractivity contribution in [1.82, 2.24) is 41.5 Å². The Morgan fingerprint density at radius 1 is 0.928 bits per heavy atom. The highest BCUT2D eigenvalue weighted by molar-refractivity contribution is 6.00. The summed E-state index contributed by atoms with van der Waals surface area (Å²) in [5.41, 5.74) is 21.2. The number of hydrogen-bond donors (Lipinski definition) is 8. The molecular weight excluding hydrogens is 885 g/mol. The number of ether oxygens (including phenoxy) is 2. The van der Waals surface area contributed by atoms with E-state index in [1.807, 2.05) is 30.3 Å². The molecule has 3 aromatic carbocycles. The molecule has 7 amide bonds. The van der Waals surface area contributed by atoms with Gasteiger partial charge in [-0.15, -0.1) is 0 Å². The van der Waals surface area contributed by atoms with Crippen LogP contribution in [0.15, 0.2) is 66.9 Å². The summed E-state index contributed by atoms with van der Waals surface area (Å²) >= 11 is 0. The zero-order valence-electron chi connectivity index (χ0n) is 39.4. The van der Waals surface area contributed by atoms with Crippen molar-refractivity contribution in [3.05, 3.63) is 94.8 Å². The molecule has 0 aliphatic carbocycles. The van der Waals surface area contributed by atoms with Crippen LogP contribution in [0.4, 0.5) is 4.79 Å². The highest BCUT2D eigenvalue weighted by Gasteiger charge is 2.36. The Hall–Kier alpha value is -7.63. The first kappa shape index (κ1) is 52.3. The molecule has 4 atom stereocenters. The normalized spacial score (nSPS) is 16.0. The molecule has 5 rings (SSSR count). The predicted octanol–water partition coefficient (Wildman–Crippen LogP) is 2.07. The molecule has 1 aliphatic rings. The average Bonchev–Trinajstić information content (AvgIpc) is 3.33. The molecule has 366 valence electrons. The number of primary amides is 1. The number of nitriles is 1. The molecule has 20 nitrogen and oxygen atoms in total. The van der Waals surface area contributed by atoms with E-state index in [2.05, 4.69) is 43.5 Å². The molecule has 4 bridgehead atoms. The lowest BCUT2D eigenvalue weighted by Gasteiger charge is -2.32. The van der Waals surface area contributed by atoms with Crippen molar-refractivity contribution in [2.24, 2.45) is 17.2 Å². The second-order valence-electron chi connectivity index (χ2n) is 16.5. The summed E-state index contributed by atoms with van der Waals surface area (Å²) in [5, 5.41) is 22.3. The number of nitrogens with two attached hydrogens (primary N) is 3. The number of benzene rings is 3. The van der Waals surface area contributed by atoms with Crippen LogP contribution < -0.4 is 53.3 Å². The molecule has 20 heteroatoms. The summed E-state index contributed by atoms with van der Waals surface area (Å²) in [7, 11) is 1.36. The van der Waals surface area contributed by atoms with Crippen LogP contribution in [0.2, 0.25) is 0 Å². The van der Waals surface area contributed by atoms with Gasteiger partial charge in [0.15, 0.2) is 5.82 Å². The van der Waals surface area contributed by atoms with E-state index in [-0.39, 0.29) is 63.4 Å². The molecule has 0 saturated carbocycles. The van der Waals surface area contributed by atoms with E-state index in [1.165, 1.54) is 25.7 Å². The maximum absolute atomic E-state index is 14.8. The van der Waals surface area contributed by atoms with Gasteiger partial charge in [0, 0.05) is 56.0 Å². The SMILES string of the molecule is CCCCCc1ccc(-c2ncc(C(=O)N[C@@H](CCNC(N)=O)C(=O)N(C)[C@@H]3C(=O)N[C@@H](C)C(=O)N[C@H](C(=O)NCC#N)Cc4ccc(OCCN)c(c4)-c4cc3ccc4OCCN)c(C)n2)cc1. The minimum atomic E-state index is -1.48. The second kappa shape index (κ2) is 25.5. The summed E-state index contributed by atoms with van der Waals surface area (Å²) in [6.07, 6.45) is 5.52. The van der Waals surface area contributed by atoms with Gasteiger partial charge in [-0.2, -0.15) is 5.26 Å². The van der Waals surface area contributed by atoms with E-state index < -0.39 is 59.7 Å². The van der Waals surface area contributed by atoms with Crippen molar-refractivity contribution in [2.45, 2.75) is 83.5 Å². The van der Waals surface area contributed by atoms with Gasteiger partial charge in [0.05, 0.1) is 17.3 Å². The molecule has 1 aromatic heterocycles. The van der Waals surface area contributed by atoms with Crippen molar-refractivity contribution in [1.29, 1.82) is 5.26 Å². The summed E-state index contributed by atoms with van der Waals surface area (Å²) < 4.78 is 12.2. The summed E-state index contributed by atoms with van der Waals surface area (Å²) in [6, 6.07) is 13.6. The van der Waals surface area contributed by atoms with E-state index in [0.717, 1.165) is 36.1 Å². The Morgan fingerprint density at radius 2 is 1.61 bits per heavy atom. The first-order valence-electron chi connectivity index (χ1n) is 22.9. The van der Waals surface area contributed by atoms with Gasteiger partial charge in [-0.05, 0) is 74.1 Å². The molecule has 1 aliphatic heterocycles. The summed E-state index contributed by atoms with van der Waals surface area (Å²) in [4.78, 5) is 92.7. The molecular formula is C49H62N12O8. The van der Waals surface area contributed by atoms with Crippen LogP contribution in [0.1, 0.15) is 78.3 Å². The second-order valence-corrected chi connectivity index (χ2v) is 16.5. The molecule has 0 unspecified atom stereocenters. The van der Waals surface area contributed by atoms with Crippen LogP contribution in [0, 0.1) is 18.3 Å². The number of amides is 7. The lowest BCUT2D eigenvalue weighted by atomic mass is 9.93. The molecule has 69 heavy (non-hydrogen) atoms. The first-order chi connectivity index (χ1) is 33.2. The third-order valence-electron chi connectivity index (χ3n) is 11.4. The molecule has 0 fully saturated rings. The highest BCUT2D eigenvalue weighted by Crippen LogP contribution is 2.40. The third kappa shape index (κ3) is 14.2. The van der Waals surface area contributed by atoms with Crippen LogP contribution in [-0.2, 0) is 32.0 Å². The number of carbonyl (C=O) groups excluding carboxylic acids is 6. The largest absolute Gasteiger partial charge is 0.492 e. The Bertz CT molecular complexity index is 2510. The van der Waals surface area contributed by atoms with Crippen molar-refractivity contribution in [3.63, 3.8) is 0 Å². The minimum Gasteiger partial charge on any atom is -0.492 e. The number of nitrogens with zero attached hydrogens (tertiary/aromatic N) is 4. The number of unbranched alkanes of at least 4 members (excludes halogenated alkanes) is 2. The number of aryl methyl sites for hydroxylation is 2. The van der Waals surface area contributed by atoms with Gasteiger partial charge < -0.3 is 58.2 Å². The zero-order chi connectivity index (χ0) is 50.0. The van der Waals surface area contributed by atoms with Gasteiger partial charge in [0.2, 0.25) is 23.6 Å². The maximum Gasteiger partial charge on any atom is 0.312 e. The number of urea groups is 1. The Labute approximate surface area is 401 Å². The monoisotopic (exact) mass is 946 g/mol. The van der Waals surface area contributed by atoms with Crippen LogP contribution in [-0.4, -0.2) is 115 Å². The topological polar surface area (TPSA) is 312 Å². The molecule has 2 heterocycles. The van der Waals surface area contributed by atoms with Gasteiger partial charge in [0.25, 0.3) is 5.91 Å². The van der Waals surface area contributed by atoms with Gasteiger partial charge >= 0.3 is 6.03 Å². The van der Waals surface area contributed by atoms with E-state index in [4.69, 9.17) is 26.7 Å². The van der Waals surface area contributed by atoms with Crippen LogP contribution in [0.5, 0.6) is 11.5 Å². The molecule has 0 radical (unpaired) electrons. The number of rotatable bonds is 20. The molecule has 0 saturated heterocycles. The fourth-order valence-corrected chi connectivity index (χ4v) is 7.77. The van der Waals surface area contributed by atoms with Crippen LogP contribution >= 0.6 is 0 Å². The Balaban J connectivity index is 1.56. The lowest BCUT2D eigenvalue weighted by molar-refractivity contribution is -0.141. The standard InChI is InChI=1S/C49H62N12O8/c1-5-6-7-8-31-9-12-33(13-10-31)43-56-28-37(29(2)57-43)45(63)59-38(17-21-55-49(53)67)48(66)61(4)42-34-14-16-41(69-24-20-52)36(27-34)35-25-32(11-15-40(35)68-23-19-51)26-39(46(64)54-22-18-50)60-44(62)30(3)58-47(42)65/h9-16,25,27-28,30,38-39,42H,5-8,17,19-24,26,51-52H2,1-4H3,(H,54,64)(H,58,65)(H,59,63)(H,60,62)(H3,53,55,67)/t30-,38-,39-,42-/m0/s1. The van der Waals surface area contributed by atoms with E-state index in [9.17, 15) is 34.0 Å². The van der Waals surface area contributed by atoms with Crippen LogP contribution in [0.25, 0.3) is 22.5 Å². The average molecular weight is 947 g/mol. The number of likely N-dealkylation sites (N-methyl/N-ethyl adjacent to an activating group) is 1. The molecule has 11 N–H and O–H groups in total. The zero-order valence-corrected chi connectivity index (χ0v) is 39.4. The Kier molecular flexibility index (Phi) is 19.3. The van der Waals surface area contributed by atoms with Gasteiger partial charge in [-0.1, -0.05) is 56.2 Å². The quantitative estimate of drug-likeness (QED) is 0.0466.